The molecule has 2 bridgehead atoms. The molecule has 3 N–H and O–H groups in total. The summed E-state index contributed by atoms with van der Waals surface area (Å²) < 4.78 is 0. The molecule has 1 amide bonds. The number of hydrogen-bond acceptors (Lipinski definition) is 4. The Morgan fingerprint density at radius 3 is 2.50 bits per heavy atom. The number of hydrogen-bond donors (Lipinski definition) is 3. The molecular weight excluding hydrogens is 278 g/mol. The minimum absolute atomic E-state index is 0.0200. The van der Waals surface area contributed by atoms with Crippen LogP contribution in [0.5, 0.6) is 0 Å². The highest BCUT2D eigenvalue weighted by molar-refractivity contribution is 7.98. The van der Waals surface area contributed by atoms with Crippen LogP contribution in [0.3, 0.4) is 0 Å². The van der Waals surface area contributed by atoms with E-state index in [-0.39, 0.29) is 24.3 Å². The fraction of sp³-hybridized carbons (Fsp3) is 0.714. The van der Waals surface area contributed by atoms with E-state index in [0.717, 1.165) is 6.42 Å². The summed E-state index contributed by atoms with van der Waals surface area (Å²) in [6.45, 7) is 1.82. The van der Waals surface area contributed by atoms with Crippen LogP contribution in [0.1, 0.15) is 13.3 Å². The maximum atomic E-state index is 12.3. The molecule has 1 saturated carbocycles. The van der Waals surface area contributed by atoms with Crippen molar-refractivity contribution in [1.29, 1.82) is 0 Å². The van der Waals surface area contributed by atoms with E-state index in [9.17, 15) is 19.8 Å². The van der Waals surface area contributed by atoms with Crippen LogP contribution in [0, 0.1) is 23.7 Å². The van der Waals surface area contributed by atoms with E-state index in [4.69, 9.17) is 0 Å². The molecule has 6 heteroatoms. The van der Waals surface area contributed by atoms with Gasteiger partial charge in [-0.05, 0) is 31.4 Å². The molecule has 2 aliphatic rings. The van der Waals surface area contributed by atoms with Gasteiger partial charge in [0, 0.05) is 12.3 Å². The van der Waals surface area contributed by atoms with E-state index in [1.54, 1.807) is 6.92 Å². The molecule has 0 aromatic carbocycles. The Labute approximate surface area is 122 Å². The monoisotopic (exact) mass is 299 g/mol. The third-order valence-electron chi connectivity index (χ3n) is 4.15. The van der Waals surface area contributed by atoms with Crippen molar-refractivity contribution in [2.24, 2.45) is 23.7 Å². The van der Waals surface area contributed by atoms with Gasteiger partial charge in [0.25, 0.3) is 0 Å². The molecule has 0 aliphatic heterocycles. The Balaban J connectivity index is 1.99. The van der Waals surface area contributed by atoms with Crippen LogP contribution in [0.4, 0.5) is 0 Å². The van der Waals surface area contributed by atoms with E-state index in [1.165, 1.54) is 11.8 Å². The number of carbonyl (C=O) groups excluding carboxylic acids is 1. The zero-order valence-electron chi connectivity index (χ0n) is 11.7. The molecule has 0 radical (unpaired) electrons. The number of carbonyl (C=O) groups is 2. The van der Waals surface area contributed by atoms with Crippen LogP contribution < -0.4 is 5.32 Å². The van der Waals surface area contributed by atoms with Gasteiger partial charge in [0.1, 0.15) is 0 Å². The SMILES string of the molecule is CSCC(C)(O)CNC(=O)C1C2C=CC(C2)C1C(=O)O. The quantitative estimate of drug-likeness (QED) is 0.630. The van der Waals surface area contributed by atoms with E-state index in [1.807, 2.05) is 18.4 Å². The van der Waals surface area contributed by atoms with Crippen LogP contribution in [0.25, 0.3) is 0 Å². The Bertz CT molecular complexity index is 435. The fourth-order valence-corrected chi connectivity index (χ4v) is 4.00. The largest absolute Gasteiger partial charge is 0.481 e. The molecule has 2 rings (SSSR count). The third kappa shape index (κ3) is 3.01. The molecule has 0 heterocycles. The molecule has 20 heavy (non-hydrogen) atoms. The summed E-state index contributed by atoms with van der Waals surface area (Å²) in [6, 6.07) is 0. The van der Waals surface area contributed by atoms with Crippen LogP contribution in [0.15, 0.2) is 12.2 Å². The van der Waals surface area contributed by atoms with E-state index < -0.39 is 23.4 Å². The molecule has 0 aromatic heterocycles. The number of carboxylic acid groups (broad SMARTS) is 1. The maximum absolute atomic E-state index is 12.3. The number of carboxylic acids is 1. The molecule has 112 valence electrons. The summed E-state index contributed by atoms with van der Waals surface area (Å²) in [6.07, 6.45) is 6.50. The van der Waals surface area contributed by atoms with Crippen molar-refractivity contribution in [3.8, 4) is 0 Å². The Kier molecular flexibility index (Phi) is 4.44. The van der Waals surface area contributed by atoms with Crippen molar-refractivity contribution in [1.82, 2.24) is 5.32 Å². The van der Waals surface area contributed by atoms with Crippen LogP contribution in [0.2, 0.25) is 0 Å². The number of aliphatic hydroxyl groups is 1. The second kappa shape index (κ2) is 5.77. The molecule has 2 aliphatic carbocycles. The van der Waals surface area contributed by atoms with Gasteiger partial charge in [-0.15, -0.1) is 0 Å². The summed E-state index contributed by atoms with van der Waals surface area (Å²) in [5.74, 6) is -1.78. The number of fused-ring (bicyclic) bond motifs is 2. The molecule has 5 nitrogen and oxygen atoms in total. The van der Waals surface area contributed by atoms with Crippen molar-refractivity contribution in [2.75, 3.05) is 18.6 Å². The van der Waals surface area contributed by atoms with Crippen LogP contribution >= 0.6 is 11.8 Å². The maximum Gasteiger partial charge on any atom is 0.307 e. The van der Waals surface area contributed by atoms with E-state index >= 15 is 0 Å². The number of allylic oxidation sites excluding steroid dienone is 2. The minimum Gasteiger partial charge on any atom is -0.481 e. The van der Waals surface area contributed by atoms with Crippen molar-refractivity contribution < 1.29 is 19.8 Å². The highest BCUT2D eigenvalue weighted by Gasteiger charge is 2.51. The summed E-state index contributed by atoms with van der Waals surface area (Å²) in [5.41, 5.74) is -0.971. The molecular formula is C14H21NO4S. The lowest BCUT2D eigenvalue weighted by Crippen LogP contribution is -2.47. The summed E-state index contributed by atoms with van der Waals surface area (Å²) in [4.78, 5) is 23.6. The van der Waals surface area contributed by atoms with Gasteiger partial charge in [-0.1, -0.05) is 12.2 Å². The lowest BCUT2D eigenvalue weighted by atomic mass is 9.82. The number of nitrogens with one attached hydrogen (secondary N) is 1. The predicted octanol–water partition coefficient (Wildman–Crippen LogP) is 0.740. The highest BCUT2D eigenvalue weighted by Crippen LogP contribution is 2.48. The number of rotatable bonds is 6. The summed E-state index contributed by atoms with van der Waals surface area (Å²) in [7, 11) is 0. The van der Waals surface area contributed by atoms with Crippen LogP contribution in [-0.4, -0.2) is 46.2 Å². The first kappa shape index (κ1) is 15.4. The second-order valence-corrected chi connectivity index (χ2v) is 6.85. The molecule has 0 spiro atoms. The van der Waals surface area contributed by atoms with Gasteiger partial charge in [0.15, 0.2) is 0 Å². The van der Waals surface area contributed by atoms with Gasteiger partial charge in [-0.3, -0.25) is 9.59 Å². The van der Waals surface area contributed by atoms with Crippen molar-refractivity contribution >= 4 is 23.6 Å². The summed E-state index contributed by atoms with van der Waals surface area (Å²) >= 11 is 1.50. The van der Waals surface area contributed by atoms with E-state index in [0.29, 0.717) is 5.75 Å². The van der Waals surface area contributed by atoms with Gasteiger partial charge in [0.05, 0.1) is 17.4 Å². The lowest BCUT2D eigenvalue weighted by Gasteiger charge is -2.27. The molecule has 5 atom stereocenters. The Morgan fingerprint density at radius 1 is 1.35 bits per heavy atom. The predicted molar refractivity (Wildman–Crippen MR) is 77.4 cm³/mol. The van der Waals surface area contributed by atoms with Crippen molar-refractivity contribution in [3.63, 3.8) is 0 Å². The number of aliphatic carboxylic acids is 1. The fourth-order valence-electron chi connectivity index (χ4n) is 3.27. The first-order valence-electron chi connectivity index (χ1n) is 6.76. The molecule has 0 aromatic rings. The Morgan fingerprint density at radius 2 is 1.95 bits per heavy atom. The van der Waals surface area contributed by atoms with Crippen molar-refractivity contribution in [2.45, 2.75) is 18.9 Å². The van der Waals surface area contributed by atoms with Gasteiger partial charge >= 0.3 is 5.97 Å². The van der Waals surface area contributed by atoms with Gasteiger partial charge in [-0.2, -0.15) is 11.8 Å². The zero-order valence-corrected chi connectivity index (χ0v) is 12.5. The summed E-state index contributed by atoms with van der Waals surface area (Å²) in [5, 5.41) is 22.1. The molecule has 1 fully saturated rings. The first-order chi connectivity index (χ1) is 9.35. The van der Waals surface area contributed by atoms with Gasteiger partial charge in [-0.25, -0.2) is 0 Å². The van der Waals surface area contributed by atoms with E-state index in [2.05, 4.69) is 5.32 Å². The second-order valence-electron chi connectivity index (χ2n) is 5.99. The average molecular weight is 299 g/mol. The Hall–Kier alpha value is -1.01. The number of thioether (sulfide) groups is 1. The van der Waals surface area contributed by atoms with Gasteiger partial charge < -0.3 is 15.5 Å². The zero-order chi connectivity index (χ0) is 14.9. The van der Waals surface area contributed by atoms with Crippen LogP contribution in [-0.2, 0) is 9.59 Å². The minimum atomic E-state index is -0.971. The van der Waals surface area contributed by atoms with Crippen molar-refractivity contribution in [3.05, 3.63) is 12.2 Å². The topological polar surface area (TPSA) is 86.6 Å². The highest BCUT2D eigenvalue weighted by atomic mass is 32.2. The number of amides is 1. The molecule has 5 unspecified atom stereocenters. The molecule has 0 saturated heterocycles. The third-order valence-corrected chi connectivity index (χ3v) is 5.06. The first-order valence-corrected chi connectivity index (χ1v) is 8.15. The standard InChI is InChI=1S/C14H21NO4S/c1-14(19,7-20-2)6-15-12(16)10-8-3-4-9(5-8)11(10)13(17)18/h3-4,8-11,19H,5-7H2,1-2H3,(H,15,16)(H,17,18). The average Bonchev–Trinajstić information content (AvgIpc) is 2.95. The van der Waals surface area contributed by atoms with Gasteiger partial charge in [0.2, 0.25) is 5.91 Å². The lowest BCUT2D eigenvalue weighted by molar-refractivity contribution is -0.148. The normalized spacial score (nSPS) is 34.0. The smallest absolute Gasteiger partial charge is 0.307 e.